The third kappa shape index (κ3) is 2.13. The molecule has 22 heavy (non-hydrogen) atoms. The van der Waals surface area contributed by atoms with Gasteiger partial charge in [0.15, 0.2) is 0 Å². The second-order valence-corrected chi connectivity index (χ2v) is 6.71. The fourth-order valence-corrected chi connectivity index (χ4v) is 3.78. The van der Waals surface area contributed by atoms with Gasteiger partial charge in [0.2, 0.25) is 0 Å². The smallest absolute Gasteiger partial charge is 0.124 e. The number of hydrogen-bond donors (Lipinski definition) is 1. The minimum Gasteiger partial charge on any atom is -0.381 e. The number of halogens is 1. The molecule has 1 aromatic carbocycles. The molecule has 2 heterocycles. The van der Waals surface area contributed by atoms with Crippen molar-refractivity contribution < 1.29 is 4.74 Å². The van der Waals surface area contributed by atoms with E-state index in [-0.39, 0.29) is 5.41 Å². The van der Waals surface area contributed by atoms with Crippen LogP contribution >= 0.6 is 11.6 Å². The number of benzene rings is 1. The second kappa shape index (κ2) is 5.28. The van der Waals surface area contributed by atoms with Gasteiger partial charge in [0, 0.05) is 36.7 Å². The predicted molar refractivity (Wildman–Crippen MR) is 87.6 cm³/mol. The molecule has 0 saturated heterocycles. The van der Waals surface area contributed by atoms with Gasteiger partial charge in [-0.3, -0.25) is 0 Å². The van der Waals surface area contributed by atoms with Crippen molar-refractivity contribution in [1.29, 1.82) is 0 Å². The van der Waals surface area contributed by atoms with Gasteiger partial charge in [-0.05, 0) is 37.0 Å². The summed E-state index contributed by atoms with van der Waals surface area (Å²) in [6, 6.07) is 10.4. The Kier molecular flexibility index (Phi) is 3.39. The molecule has 0 bridgehead atoms. The lowest BCUT2D eigenvalue weighted by Crippen LogP contribution is -2.46. The Balaban J connectivity index is 1.75. The van der Waals surface area contributed by atoms with Crippen molar-refractivity contribution in [2.75, 3.05) is 19.0 Å². The molecule has 0 unspecified atom stereocenters. The summed E-state index contributed by atoms with van der Waals surface area (Å²) in [4.78, 5) is 0. The highest BCUT2D eigenvalue weighted by molar-refractivity contribution is 6.30. The summed E-state index contributed by atoms with van der Waals surface area (Å²) in [5.41, 5.74) is 2.38. The highest BCUT2D eigenvalue weighted by Gasteiger charge is 2.49. The van der Waals surface area contributed by atoms with E-state index in [9.17, 15) is 0 Å². The van der Waals surface area contributed by atoms with Crippen LogP contribution in [0.1, 0.15) is 30.5 Å². The molecule has 1 aliphatic heterocycles. The molecular formula is C17H20ClN3O. The zero-order valence-corrected chi connectivity index (χ0v) is 13.4. The van der Waals surface area contributed by atoms with Crippen LogP contribution in [0.5, 0.6) is 0 Å². The van der Waals surface area contributed by atoms with Crippen molar-refractivity contribution in [3.05, 3.63) is 46.6 Å². The maximum absolute atomic E-state index is 6.05. The summed E-state index contributed by atoms with van der Waals surface area (Å²) in [7, 11) is 1.79. The molecule has 1 aromatic heterocycles. The number of fused-ring (bicyclic) bond motifs is 1. The molecule has 2 aromatic rings. The van der Waals surface area contributed by atoms with Crippen molar-refractivity contribution in [2.45, 2.75) is 37.3 Å². The first-order valence-electron chi connectivity index (χ1n) is 7.82. The summed E-state index contributed by atoms with van der Waals surface area (Å²) in [6.45, 7) is 2.02. The molecule has 0 spiro atoms. The standard InChI is InChI=1S/C17H20ClN3O/c1-22-14-10-17(11-14,12-3-5-13(18)6-4-12)15-9-16-19-7-2-8-21(16)20-15/h3-6,9,14,19H,2,7-8,10-11H2,1H3. The second-order valence-electron chi connectivity index (χ2n) is 6.27. The molecule has 1 fully saturated rings. The molecule has 2 aliphatic rings. The molecule has 4 rings (SSSR count). The Hall–Kier alpha value is -1.52. The molecule has 4 nitrogen and oxygen atoms in total. The lowest BCUT2D eigenvalue weighted by Gasteiger charge is -2.46. The molecule has 1 saturated carbocycles. The van der Waals surface area contributed by atoms with Gasteiger partial charge in [0.1, 0.15) is 5.82 Å². The van der Waals surface area contributed by atoms with Gasteiger partial charge in [0.05, 0.1) is 11.8 Å². The van der Waals surface area contributed by atoms with Gasteiger partial charge in [-0.2, -0.15) is 5.10 Å². The normalized spacial score (nSPS) is 26.9. The van der Waals surface area contributed by atoms with E-state index in [4.69, 9.17) is 21.4 Å². The number of nitrogens with zero attached hydrogens (tertiary/aromatic N) is 2. The van der Waals surface area contributed by atoms with Gasteiger partial charge < -0.3 is 10.1 Å². The highest BCUT2D eigenvalue weighted by atomic mass is 35.5. The van der Waals surface area contributed by atoms with E-state index in [2.05, 4.69) is 28.2 Å². The van der Waals surface area contributed by atoms with E-state index < -0.39 is 0 Å². The summed E-state index contributed by atoms with van der Waals surface area (Å²) in [5, 5.41) is 9.09. The molecule has 116 valence electrons. The van der Waals surface area contributed by atoms with Crippen LogP contribution < -0.4 is 5.32 Å². The number of aryl methyl sites for hydroxylation is 1. The molecule has 5 heteroatoms. The van der Waals surface area contributed by atoms with Gasteiger partial charge >= 0.3 is 0 Å². The zero-order chi connectivity index (χ0) is 15.2. The van der Waals surface area contributed by atoms with E-state index in [0.29, 0.717) is 6.10 Å². The lowest BCUT2D eigenvalue weighted by molar-refractivity contribution is -0.00462. The zero-order valence-electron chi connectivity index (χ0n) is 12.7. The van der Waals surface area contributed by atoms with Crippen LogP contribution in [0.2, 0.25) is 5.02 Å². The summed E-state index contributed by atoms with van der Waals surface area (Å²) in [6.07, 6.45) is 3.38. The van der Waals surface area contributed by atoms with Crippen LogP contribution in [0, 0.1) is 0 Å². The molecule has 0 atom stereocenters. The topological polar surface area (TPSA) is 39.1 Å². The van der Waals surface area contributed by atoms with E-state index in [1.54, 1.807) is 7.11 Å². The SMILES string of the molecule is COC1CC(c2ccc(Cl)cc2)(c2cc3n(n2)CCCN3)C1. The van der Waals surface area contributed by atoms with Crippen LogP contribution in [0.15, 0.2) is 30.3 Å². The minimum atomic E-state index is -0.0444. The van der Waals surface area contributed by atoms with Gasteiger partial charge in [0.25, 0.3) is 0 Å². The average Bonchev–Trinajstić information content (AvgIpc) is 2.92. The van der Waals surface area contributed by atoms with Crippen molar-refractivity contribution >= 4 is 17.4 Å². The number of methoxy groups -OCH3 is 1. The van der Waals surface area contributed by atoms with Crippen LogP contribution in [-0.4, -0.2) is 29.5 Å². The van der Waals surface area contributed by atoms with Gasteiger partial charge in [-0.15, -0.1) is 0 Å². The maximum atomic E-state index is 6.05. The lowest BCUT2D eigenvalue weighted by atomic mass is 9.61. The number of nitrogens with one attached hydrogen (secondary N) is 1. The van der Waals surface area contributed by atoms with E-state index in [1.807, 2.05) is 12.1 Å². The van der Waals surface area contributed by atoms with Crippen LogP contribution in [-0.2, 0) is 16.7 Å². The van der Waals surface area contributed by atoms with Crippen molar-refractivity contribution in [3.8, 4) is 0 Å². The number of hydrogen-bond acceptors (Lipinski definition) is 3. The van der Waals surface area contributed by atoms with Crippen molar-refractivity contribution in [2.24, 2.45) is 0 Å². The van der Waals surface area contributed by atoms with Crippen molar-refractivity contribution in [3.63, 3.8) is 0 Å². The van der Waals surface area contributed by atoms with Gasteiger partial charge in [-0.25, -0.2) is 4.68 Å². The fourth-order valence-electron chi connectivity index (χ4n) is 3.65. The Bertz CT molecular complexity index is 650. The molecule has 1 N–H and O–H groups in total. The first-order chi connectivity index (χ1) is 10.7. The monoisotopic (exact) mass is 317 g/mol. The first-order valence-corrected chi connectivity index (χ1v) is 8.20. The largest absolute Gasteiger partial charge is 0.381 e. The Labute approximate surface area is 135 Å². The third-order valence-electron chi connectivity index (χ3n) is 5.01. The van der Waals surface area contributed by atoms with Crippen LogP contribution in [0.25, 0.3) is 0 Å². The average molecular weight is 318 g/mol. The Morgan fingerprint density at radius 3 is 2.77 bits per heavy atom. The fraction of sp³-hybridized carbons (Fsp3) is 0.471. The molecular weight excluding hydrogens is 298 g/mol. The predicted octanol–water partition coefficient (Wildman–Crippen LogP) is 3.45. The van der Waals surface area contributed by atoms with Crippen LogP contribution in [0.4, 0.5) is 5.82 Å². The van der Waals surface area contributed by atoms with E-state index in [0.717, 1.165) is 48.9 Å². The van der Waals surface area contributed by atoms with Gasteiger partial charge in [-0.1, -0.05) is 23.7 Å². The number of ether oxygens (including phenoxy) is 1. The third-order valence-corrected chi connectivity index (χ3v) is 5.26. The quantitative estimate of drug-likeness (QED) is 0.942. The maximum Gasteiger partial charge on any atom is 0.124 e. The molecule has 1 aliphatic carbocycles. The first kappa shape index (κ1) is 14.1. The Morgan fingerprint density at radius 2 is 2.09 bits per heavy atom. The molecule has 0 amide bonds. The summed E-state index contributed by atoms with van der Waals surface area (Å²) >= 11 is 6.05. The van der Waals surface area contributed by atoms with Crippen molar-refractivity contribution in [1.82, 2.24) is 9.78 Å². The minimum absolute atomic E-state index is 0.0444. The van der Waals surface area contributed by atoms with Crippen LogP contribution in [0.3, 0.4) is 0 Å². The Morgan fingerprint density at radius 1 is 1.32 bits per heavy atom. The molecule has 0 radical (unpaired) electrons. The highest BCUT2D eigenvalue weighted by Crippen LogP contribution is 2.50. The number of anilines is 1. The number of aromatic nitrogens is 2. The number of rotatable bonds is 3. The summed E-state index contributed by atoms with van der Waals surface area (Å²) < 4.78 is 7.63. The summed E-state index contributed by atoms with van der Waals surface area (Å²) in [5.74, 6) is 1.13. The van der Waals surface area contributed by atoms with E-state index >= 15 is 0 Å². The van der Waals surface area contributed by atoms with E-state index in [1.165, 1.54) is 5.56 Å².